The van der Waals surface area contributed by atoms with Crippen LogP contribution in [0.15, 0.2) is 48.5 Å². The summed E-state index contributed by atoms with van der Waals surface area (Å²) in [6.07, 6.45) is 3.08. The van der Waals surface area contributed by atoms with Crippen molar-refractivity contribution in [2.24, 2.45) is 5.92 Å². The molecule has 148 valence electrons. The number of halogens is 1. The molecule has 1 aliphatic carbocycles. The molecule has 3 aliphatic rings. The lowest BCUT2D eigenvalue weighted by molar-refractivity contribution is -0.132. The number of phenolic OH excluding ortho intramolecular Hbond substituents is 1. The van der Waals surface area contributed by atoms with Crippen LogP contribution in [0.25, 0.3) is 5.57 Å². The van der Waals surface area contributed by atoms with Crippen LogP contribution in [0.3, 0.4) is 0 Å². The predicted octanol–water partition coefficient (Wildman–Crippen LogP) is 3.19. The van der Waals surface area contributed by atoms with Crippen molar-refractivity contribution in [1.29, 1.82) is 0 Å². The Balaban J connectivity index is 1.31. The molecule has 0 radical (unpaired) electrons. The molecule has 2 aliphatic heterocycles. The van der Waals surface area contributed by atoms with Gasteiger partial charge in [-0.15, -0.1) is 0 Å². The average molecular weight is 393 g/mol. The smallest absolute Gasteiger partial charge is 0.322 e. The number of rotatable bonds is 3. The average Bonchev–Trinajstić information content (AvgIpc) is 3.30. The van der Waals surface area contributed by atoms with Crippen molar-refractivity contribution in [2.75, 3.05) is 18.4 Å². The second-order valence-corrected chi connectivity index (χ2v) is 7.81. The topological polar surface area (TPSA) is 72.9 Å². The highest BCUT2D eigenvalue weighted by Gasteiger charge is 2.42. The number of benzene rings is 2. The standard InChI is InChI=1S/C22H20FN3O3/c23-16-3-6-19-15(9-16)11-25(22(29)24-19)12-21(28)26-10-13-7-18(20(26)8-13)14-1-4-17(27)5-2-14/h1-7,9,13,20,27H,8,10-12H2,(H,24,29)/t13-,20-/m1/s1. The van der Waals surface area contributed by atoms with E-state index >= 15 is 0 Å². The third-order valence-electron chi connectivity index (χ3n) is 5.91. The molecule has 2 atom stereocenters. The lowest BCUT2D eigenvalue weighted by Gasteiger charge is -2.33. The molecule has 1 saturated heterocycles. The van der Waals surface area contributed by atoms with Gasteiger partial charge >= 0.3 is 6.03 Å². The van der Waals surface area contributed by atoms with Crippen molar-refractivity contribution < 1.29 is 19.1 Å². The first-order valence-corrected chi connectivity index (χ1v) is 9.63. The minimum Gasteiger partial charge on any atom is -0.508 e. The largest absolute Gasteiger partial charge is 0.508 e. The summed E-state index contributed by atoms with van der Waals surface area (Å²) in [5.41, 5.74) is 3.32. The Bertz CT molecular complexity index is 1030. The number of hydrogen-bond donors (Lipinski definition) is 2. The van der Waals surface area contributed by atoms with Gasteiger partial charge in [-0.2, -0.15) is 0 Å². The number of hydrogen-bond acceptors (Lipinski definition) is 3. The quantitative estimate of drug-likeness (QED) is 0.841. The molecule has 2 N–H and O–H groups in total. The highest BCUT2D eigenvalue weighted by Crippen LogP contribution is 2.42. The zero-order chi connectivity index (χ0) is 20.1. The van der Waals surface area contributed by atoms with Crippen LogP contribution < -0.4 is 5.32 Å². The van der Waals surface area contributed by atoms with Crippen LogP contribution >= 0.6 is 0 Å². The number of nitrogens with zero attached hydrogens (tertiary/aromatic N) is 2. The minimum absolute atomic E-state index is 0.0189. The molecule has 0 unspecified atom stereocenters. The SMILES string of the molecule is O=C1Nc2ccc(F)cc2CN1CC(=O)N1C[C@@H]2C=C(c3ccc(O)cc3)[C@H]1C2. The molecule has 0 saturated carbocycles. The second-order valence-electron chi connectivity index (χ2n) is 7.81. The van der Waals surface area contributed by atoms with E-state index in [1.807, 2.05) is 17.0 Å². The summed E-state index contributed by atoms with van der Waals surface area (Å²) >= 11 is 0. The Morgan fingerprint density at radius 2 is 2.00 bits per heavy atom. The van der Waals surface area contributed by atoms with Crippen LogP contribution in [0.4, 0.5) is 14.9 Å². The molecule has 3 amide bonds. The Morgan fingerprint density at radius 1 is 1.21 bits per heavy atom. The van der Waals surface area contributed by atoms with E-state index in [9.17, 15) is 19.1 Å². The normalized spacial score (nSPS) is 22.4. The molecule has 2 heterocycles. The van der Waals surface area contributed by atoms with Crippen LogP contribution in [-0.4, -0.2) is 46.0 Å². The van der Waals surface area contributed by atoms with Gasteiger partial charge in [-0.1, -0.05) is 18.2 Å². The number of carbonyl (C=O) groups is 2. The lowest BCUT2D eigenvalue weighted by Crippen LogP contribution is -2.48. The van der Waals surface area contributed by atoms with Gasteiger partial charge in [-0.25, -0.2) is 9.18 Å². The minimum atomic E-state index is -0.369. The molecule has 2 bridgehead atoms. The van der Waals surface area contributed by atoms with E-state index in [2.05, 4.69) is 11.4 Å². The highest BCUT2D eigenvalue weighted by atomic mass is 19.1. The number of amides is 3. The summed E-state index contributed by atoms with van der Waals surface area (Å²) in [6, 6.07) is 10.9. The van der Waals surface area contributed by atoms with Crippen LogP contribution in [0, 0.1) is 11.7 Å². The second kappa shape index (κ2) is 6.62. The fraction of sp³-hybridized carbons (Fsp3) is 0.273. The van der Waals surface area contributed by atoms with E-state index in [0.717, 1.165) is 17.6 Å². The van der Waals surface area contributed by atoms with Crippen molar-refractivity contribution in [3.63, 3.8) is 0 Å². The number of aromatic hydroxyl groups is 1. The van der Waals surface area contributed by atoms with Gasteiger partial charge in [0.1, 0.15) is 18.1 Å². The molecular weight excluding hydrogens is 373 g/mol. The zero-order valence-corrected chi connectivity index (χ0v) is 15.6. The first-order valence-electron chi connectivity index (χ1n) is 9.63. The maximum Gasteiger partial charge on any atom is 0.322 e. The fourth-order valence-electron chi connectivity index (χ4n) is 4.54. The molecule has 6 nitrogen and oxygen atoms in total. The summed E-state index contributed by atoms with van der Waals surface area (Å²) in [5, 5.41) is 12.2. The maximum absolute atomic E-state index is 13.5. The van der Waals surface area contributed by atoms with Crippen molar-refractivity contribution in [3.8, 4) is 5.75 Å². The molecule has 0 spiro atoms. The number of nitrogens with one attached hydrogen (secondary N) is 1. The summed E-state index contributed by atoms with van der Waals surface area (Å²) in [6.45, 7) is 0.798. The van der Waals surface area contributed by atoms with Gasteiger partial charge < -0.3 is 20.2 Å². The van der Waals surface area contributed by atoms with Crippen molar-refractivity contribution in [1.82, 2.24) is 9.80 Å². The van der Waals surface area contributed by atoms with Gasteiger partial charge in [0.25, 0.3) is 0 Å². The predicted molar refractivity (Wildman–Crippen MR) is 106 cm³/mol. The Labute approximate surface area is 167 Å². The van der Waals surface area contributed by atoms with Crippen LogP contribution in [0.1, 0.15) is 17.5 Å². The van der Waals surface area contributed by atoms with Crippen LogP contribution in [0.2, 0.25) is 0 Å². The third kappa shape index (κ3) is 3.12. The molecule has 2 aromatic carbocycles. The van der Waals surface area contributed by atoms with E-state index in [-0.39, 0.29) is 42.6 Å². The molecule has 7 heteroatoms. The fourth-order valence-corrected chi connectivity index (χ4v) is 4.54. The van der Waals surface area contributed by atoms with Gasteiger partial charge in [0.2, 0.25) is 5.91 Å². The van der Waals surface area contributed by atoms with E-state index in [4.69, 9.17) is 0 Å². The van der Waals surface area contributed by atoms with E-state index in [1.165, 1.54) is 23.1 Å². The Morgan fingerprint density at radius 3 is 2.76 bits per heavy atom. The number of carbonyl (C=O) groups excluding carboxylic acids is 2. The molecule has 1 fully saturated rings. The Kier molecular flexibility index (Phi) is 4.04. The highest BCUT2D eigenvalue weighted by molar-refractivity contribution is 5.95. The van der Waals surface area contributed by atoms with Crippen molar-refractivity contribution >= 4 is 23.2 Å². The zero-order valence-electron chi connectivity index (χ0n) is 15.6. The van der Waals surface area contributed by atoms with Gasteiger partial charge in [-0.05, 0) is 59.4 Å². The van der Waals surface area contributed by atoms with Gasteiger partial charge in [0, 0.05) is 12.2 Å². The van der Waals surface area contributed by atoms with E-state index < -0.39 is 0 Å². The monoisotopic (exact) mass is 393 g/mol. The molecule has 5 rings (SSSR count). The van der Waals surface area contributed by atoms with Gasteiger partial charge in [0.15, 0.2) is 0 Å². The number of urea groups is 1. The van der Waals surface area contributed by atoms with Gasteiger partial charge in [0.05, 0.1) is 12.6 Å². The molecule has 0 aromatic heterocycles. The van der Waals surface area contributed by atoms with Gasteiger partial charge in [-0.3, -0.25) is 4.79 Å². The maximum atomic E-state index is 13.5. The number of likely N-dealkylation sites (tertiary alicyclic amines) is 1. The summed E-state index contributed by atoms with van der Waals surface area (Å²) in [7, 11) is 0. The molecule has 2 aromatic rings. The lowest BCUT2D eigenvalue weighted by atomic mass is 10.00. The van der Waals surface area contributed by atoms with E-state index in [0.29, 0.717) is 23.7 Å². The molecular formula is C22H20FN3O3. The summed E-state index contributed by atoms with van der Waals surface area (Å²) < 4.78 is 13.5. The first-order chi connectivity index (χ1) is 14.0. The summed E-state index contributed by atoms with van der Waals surface area (Å²) in [5.74, 6) is 0.0274. The number of phenols is 1. The van der Waals surface area contributed by atoms with E-state index in [1.54, 1.807) is 12.1 Å². The van der Waals surface area contributed by atoms with Crippen molar-refractivity contribution in [2.45, 2.75) is 19.0 Å². The van der Waals surface area contributed by atoms with Crippen molar-refractivity contribution in [3.05, 3.63) is 65.5 Å². The summed E-state index contributed by atoms with van der Waals surface area (Å²) in [4.78, 5) is 28.7. The number of fused-ring (bicyclic) bond motifs is 3. The third-order valence-corrected chi connectivity index (χ3v) is 5.91. The van der Waals surface area contributed by atoms with Crippen LogP contribution in [-0.2, 0) is 11.3 Å². The molecule has 29 heavy (non-hydrogen) atoms. The number of anilines is 1. The Hall–Kier alpha value is -3.35. The first kappa shape index (κ1) is 17.7. The van der Waals surface area contributed by atoms with Crippen LogP contribution in [0.5, 0.6) is 5.75 Å².